The fourth-order valence-electron chi connectivity index (χ4n) is 3.01. The maximum absolute atomic E-state index is 6.06. The van der Waals surface area contributed by atoms with Gasteiger partial charge in [-0.25, -0.2) is 4.98 Å². The Balaban J connectivity index is 0.00000243. The molecular formula is C19H27IN4OS. The van der Waals surface area contributed by atoms with Crippen molar-refractivity contribution in [3.63, 3.8) is 0 Å². The molecule has 2 aromatic rings. The Kier molecular flexibility index (Phi) is 8.64. The number of nitrogens with one attached hydrogen (secondary N) is 1. The number of aryl methyl sites for hydroxylation is 1. The summed E-state index contributed by atoms with van der Waals surface area (Å²) in [6.07, 6.45) is 5.19. The molecule has 0 atom stereocenters. The van der Waals surface area contributed by atoms with Gasteiger partial charge in [0.2, 0.25) is 0 Å². The monoisotopic (exact) mass is 486 g/mol. The van der Waals surface area contributed by atoms with E-state index < -0.39 is 0 Å². The molecule has 142 valence electrons. The Hall–Kier alpha value is -1.35. The Bertz CT molecular complexity index is 684. The van der Waals surface area contributed by atoms with Crippen molar-refractivity contribution in [3.8, 4) is 5.75 Å². The van der Waals surface area contributed by atoms with Crippen LogP contribution in [-0.2, 0) is 6.42 Å². The van der Waals surface area contributed by atoms with Crippen molar-refractivity contribution in [1.82, 2.24) is 15.2 Å². The van der Waals surface area contributed by atoms with Crippen LogP contribution in [0, 0.1) is 6.92 Å². The first kappa shape index (κ1) is 21.0. The minimum Gasteiger partial charge on any atom is -0.490 e. The molecule has 1 saturated heterocycles. The van der Waals surface area contributed by atoms with Crippen molar-refractivity contribution in [2.45, 2.75) is 32.3 Å². The van der Waals surface area contributed by atoms with E-state index >= 15 is 0 Å². The smallest absolute Gasteiger partial charge is 0.193 e. The first-order valence-electron chi connectivity index (χ1n) is 8.83. The van der Waals surface area contributed by atoms with Gasteiger partial charge in [-0.3, -0.25) is 4.99 Å². The zero-order valence-electron chi connectivity index (χ0n) is 15.4. The highest BCUT2D eigenvalue weighted by Gasteiger charge is 2.22. The molecule has 2 heterocycles. The molecule has 0 aliphatic carbocycles. The van der Waals surface area contributed by atoms with Crippen LogP contribution in [0.5, 0.6) is 5.75 Å². The molecule has 0 saturated carbocycles. The Morgan fingerprint density at radius 3 is 2.65 bits per heavy atom. The highest BCUT2D eigenvalue weighted by Crippen LogP contribution is 2.18. The van der Waals surface area contributed by atoms with Crippen molar-refractivity contribution < 1.29 is 4.74 Å². The molecule has 0 radical (unpaired) electrons. The number of ether oxygens (including phenoxy) is 1. The average molecular weight is 486 g/mol. The van der Waals surface area contributed by atoms with Gasteiger partial charge in [0.05, 0.1) is 5.01 Å². The number of nitrogens with zero attached hydrogens (tertiary/aromatic N) is 3. The van der Waals surface area contributed by atoms with Gasteiger partial charge >= 0.3 is 0 Å². The molecule has 5 nitrogen and oxygen atoms in total. The summed E-state index contributed by atoms with van der Waals surface area (Å²) in [7, 11) is 1.85. The number of hydrogen-bond acceptors (Lipinski definition) is 4. The molecule has 1 N–H and O–H groups in total. The van der Waals surface area contributed by atoms with Gasteiger partial charge in [0.1, 0.15) is 11.9 Å². The fourth-order valence-corrected chi connectivity index (χ4v) is 3.79. The molecule has 1 aliphatic heterocycles. The maximum atomic E-state index is 6.06. The summed E-state index contributed by atoms with van der Waals surface area (Å²) in [6.45, 7) is 4.89. The molecule has 0 unspecified atom stereocenters. The molecular weight excluding hydrogens is 459 g/mol. The lowest BCUT2D eigenvalue weighted by Gasteiger charge is -2.34. The number of thiazole rings is 1. The third kappa shape index (κ3) is 6.12. The van der Waals surface area contributed by atoms with E-state index in [0.29, 0.717) is 0 Å². The van der Waals surface area contributed by atoms with Gasteiger partial charge < -0.3 is 15.0 Å². The first-order valence-corrected chi connectivity index (χ1v) is 9.65. The van der Waals surface area contributed by atoms with Crippen LogP contribution >= 0.6 is 35.3 Å². The largest absolute Gasteiger partial charge is 0.490 e. The van der Waals surface area contributed by atoms with E-state index in [0.717, 1.165) is 50.6 Å². The minimum atomic E-state index is 0. The third-order valence-corrected chi connectivity index (χ3v) is 5.26. The number of halogens is 1. The molecule has 26 heavy (non-hydrogen) atoms. The number of likely N-dealkylation sites (tertiary alicyclic amines) is 1. The van der Waals surface area contributed by atoms with E-state index in [1.165, 1.54) is 9.88 Å². The van der Waals surface area contributed by atoms with Gasteiger partial charge in [-0.1, -0.05) is 18.2 Å². The number of benzene rings is 1. The predicted octanol–water partition coefficient (Wildman–Crippen LogP) is 3.73. The van der Waals surface area contributed by atoms with Crippen LogP contribution in [0.1, 0.15) is 22.7 Å². The molecule has 1 aromatic heterocycles. The molecule has 1 fully saturated rings. The zero-order valence-corrected chi connectivity index (χ0v) is 18.5. The van der Waals surface area contributed by atoms with Crippen LogP contribution in [-0.4, -0.2) is 48.6 Å². The van der Waals surface area contributed by atoms with Gasteiger partial charge in [0.25, 0.3) is 0 Å². The molecule has 3 rings (SSSR count). The number of aliphatic imine (C=N–C) groups is 1. The molecule has 1 aromatic carbocycles. The van der Waals surface area contributed by atoms with Crippen LogP contribution in [0.2, 0.25) is 0 Å². The summed E-state index contributed by atoms with van der Waals surface area (Å²) in [5.74, 6) is 1.94. The highest BCUT2D eigenvalue weighted by molar-refractivity contribution is 14.0. The third-order valence-electron chi connectivity index (χ3n) is 4.29. The van der Waals surface area contributed by atoms with Crippen molar-refractivity contribution in [2.24, 2.45) is 4.99 Å². The number of guanidine groups is 1. The van der Waals surface area contributed by atoms with Crippen molar-refractivity contribution in [2.75, 3.05) is 26.7 Å². The lowest BCUT2D eigenvalue weighted by molar-refractivity contribution is 0.129. The second-order valence-corrected chi connectivity index (χ2v) is 7.53. The standard InChI is InChI=1S/C19H26N4OS.HI/c1-15-14-22-18(25-15)8-11-21-19(20-2)23-12-9-17(10-13-23)24-16-6-4-3-5-7-16;/h3-7,14,17H,8-13H2,1-2H3,(H,20,21);1H. The topological polar surface area (TPSA) is 49.8 Å². The fraction of sp³-hybridized carbons (Fsp3) is 0.474. The molecule has 0 spiro atoms. The lowest BCUT2D eigenvalue weighted by Crippen LogP contribution is -2.47. The molecule has 0 bridgehead atoms. The van der Waals surface area contributed by atoms with Crippen LogP contribution in [0.4, 0.5) is 0 Å². The number of para-hydroxylation sites is 1. The van der Waals surface area contributed by atoms with Crippen LogP contribution in [0.15, 0.2) is 41.5 Å². The second kappa shape index (κ2) is 10.7. The van der Waals surface area contributed by atoms with Crippen molar-refractivity contribution in [1.29, 1.82) is 0 Å². The summed E-state index contributed by atoms with van der Waals surface area (Å²) in [5, 5.41) is 4.64. The average Bonchev–Trinajstić information content (AvgIpc) is 3.06. The Morgan fingerprint density at radius 2 is 2.04 bits per heavy atom. The van der Waals surface area contributed by atoms with Crippen LogP contribution < -0.4 is 10.1 Å². The van der Waals surface area contributed by atoms with Gasteiger partial charge in [0.15, 0.2) is 5.96 Å². The van der Waals surface area contributed by atoms with Crippen molar-refractivity contribution in [3.05, 3.63) is 46.4 Å². The van der Waals surface area contributed by atoms with Crippen molar-refractivity contribution >= 4 is 41.3 Å². The van der Waals surface area contributed by atoms with Crippen LogP contribution in [0.25, 0.3) is 0 Å². The predicted molar refractivity (Wildman–Crippen MR) is 119 cm³/mol. The first-order chi connectivity index (χ1) is 12.2. The van der Waals surface area contributed by atoms with Gasteiger partial charge in [-0.15, -0.1) is 35.3 Å². The SMILES string of the molecule is CN=C(NCCc1ncc(C)s1)N1CCC(Oc2ccccc2)CC1.I. The molecule has 1 aliphatic rings. The Labute approximate surface area is 176 Å². The highest BCUT2D eigenvalue weighted by atomic mass is 127. The summed E-state index contributed by atoms with van der Waals surface area (Å²) in [5.41, 5.74) is 0. The maximum Gasteiger partial charge on any atom is 0.193 e. The van der Waals surface area contributed by atoms with E-state index in [1.807, 2.05) is 43.6 Å². The van der Waals surface area contributed by atoms with E-state index in [9.17, 15) is 0 Å². The quantitative estimate of drug-likeness (QED) is 0.398. The Morgan fingerprint density at radius 1 is 1.31 bits per heavy atom. The van der Waals surface area contributed by atoms with E-state index in [-0.39, 0.29) is 30.1 Å². The normalized spacial score (nSPS) is 15.5. The second-order valence-electron chi connectivity index (χ2n) is 6.21. The summed E-state index contributed by atoms with van der Waals surface area (Å²) in [4.78, 5) is 12.4. The number of aromatic nitrogens is 1. The molecule has 7 heteroatoms. The minimum absolute atomic E-state index is 0. The van der Waals surface area contributed by atoms with E-state index in [1.54, 1.807) is 11.3 Å². The summed E-state index contributed by atoms with van der Waals surface area (Å²) < 4.78 is 6.06. The zero-order chi connectivity index (χ0) is 17.5. The summed E-state index contributed by atoms with van der Waals surface area (Å²) in [6, 6.07) is 10.1. The number of rotatable bonds is 5. The van der Waals surface area contributed by atoms with Gasteiger partial charge in [-0.05, 0) is 19.1 Å². The van der Waals surface area contributed by atoms with E-state index in [2.05, 4.69) is 27.1 Å². The number of piperidine rings is 1. The summed E-state index contributed by atoms with van der Waals surface area (Å²) >= 11 is 1.76. The molecule has 0 amide bonds. The lowest BCUT2D eigenvalue weighted by atomic mass is 10.1. The van der Waals surface area contributed by atoms with E-state index in [4.69, 9.17) is 4.74 Å². The van der Waals surface area contributed by atoms with Gasteiger partial charge in [0, 0.05) is 57.0 Å². The van der Waals surface area contributed by atoms with Crippen LogP contribution in [0.3, 0.4) is 0 Å². The van der Waals surface area contributed by atoms with Gasteiger partial charge in [-0.2, -0.15) is 0 Å². The number of hydrogen-bond donors (Lipinski definition) is 1.